The number of anilines is 2. The van der Waals surface area contributed by atoms with E-state index in [1.807, 2.05) is 72.8 Å². The van der Waals surface area contributed by atoms with Crippen LogP contribution < -0.4 is 21.3 Å². The highest BCUT2D eigenvalue weighted by Gasteiger charge is 2.10. The first kappa shape index (κ1) is 31.7. The topological polar surface area (TPSA) is 108 Å². The van der Waals surface area contributed by atoms with Crippen molar-refractivity contribution in [1.82, 2.24) is 20.6 Å². The van der Waals surface area contributed by atoms with Crippen LogP contribution in [0.4, 0.5) is 11.4 Å². The van der Waals surface area contributed by atoms with Gasteiger partial charge in [0.1, 0.15) is 0 Å². The molecule has 47 heavy (non-hydrogen) atoms. The van der Waals surface area contributed by atoms with Gasteiger partial charge in [-0.05, 0) is 56.4 Å². The minimum absolute atomic E-state index is 0.000819. The number of nitrogens with one attached hydrogen (secondary N) is 4. The molecule has 6 rings (SSSR count). The molecule has 0 unspecified atom stereocenters. The number of nitrogens with zero attached hydrogens (tertiary/aromatic N) is 2. The molecular formula is C39H42N6O2. The minimum Gasteiger partial charge on any atom is -0.384 e. The second-order valence-electron chi connectivity index (χ2n) is 11.9. The number of benzene rings is 4. The summed E-state index contributed by atoms with van der Waals surface area (Å²) in [4.78, 5) is 34.2. The van der Waals surface area contributed by atoms with Gasteiger partial charge < -0.3 is 21.3 Å². The quantitative estimate of drug-likeness (QED) is 0.0652. The van der Waals surface area contributed by atoms with Crippen molar-refractivity contribution in [3.63, 3.8) is 0 Å². The summed E-state index contributed by atoms with van der Waals surface area (Å²) < 4.78 is 0. The molecule has 0 bridgehead atoms. The Labute approximate surface area is 275 Å². The Morgan fingerprint density at radius 1 is 0.426 bits per heavy atom. The van der Waals surface area contributed by atoms with E-state index in [2.05, 4.69) is 45.5 Å². The van der Waals surface area contributed by atoms with E-state index >= 15 is 0 Å². The lowest BCUT2D eigenvalue weighted by Gasteiger charge is -2.13. The molecule has 2 aromatic heterocycles. The second kappa shape index (κ2) is 15.9. The summed E-state index contributed by atoms with van der Waals surface area (Å²) in [5.74, 6) is -0.00164. The summed E-state index contributed by atoms with van der Waals surface area (Å²) in [6, 6.07) is 32.8. The number of hydrogen-bond donors (Lipinski definition) is 4. The number of carbonyl (C=O) groups excluding carboxylic acids is 2. The Hall–Kier alpha value is -5.24. The van der Waals surface area contributed by atoms with E-state index in [9.17, 15) is 9.59 Å². The third-order valence-corrected chi connectivity index (χ3v) is 8.44. The van der Waals surface area contributed by atoms with E-state index < -0.39 is 0 Å². The van der Waals surface area contributed by atoms with Gasteiger partial charge in [0.25, 0.3) is 0 Å². The van der Waals surface area contributed by atoms with Gasteiger partial charge in [-0.15, -0.1) is 0 Å². The average Bonchev–Trinajstić information content (AvgIpc) is 3.10. The molecule has 0 saturated carbocycles. The van der Waals surface area contributed by atoms with Gasteiger partial charge in [-0.25, -0.2) is 9.97 Å². The van der Waals surface area contributed by atoms with Crippen LogP contribution in [0.15, 0.2) is 97.1 Å². The molecule has 8 nitrogen and oxygen atoms in total. The van der Waals surface area contributed by atoms with Crippen molar-refractivity contribution in [1.29, 1.82) is 0 Å². The van der Waals surface area contributed by atoms with Crippen molar-refractivity contribution in [2.45, 2.75) is 44.9 Å². The highest BCUT2D eigenvalue weighted by atomic mass is 16.2. The summed E-state index contributed by atoms with van der Waals surface area (Å²) in [5, 5.41) is 17.7. The van der Waals surface area contributed by atoms with Crippen molar-refractivity contribution in [3.05, 3.63) is 97.1 Å². The Kier molecular flexibility index (Phi) is 10.7. The lowest BCUT2D eigenvalue weighted by atomic mass is 10.1. The van der Waals surface area contributed by atoms with Crippen LogP contribution in [0.3, 0.4) is 0 Å². The fourth-order valence-corrected chi connectivity index (χ4v) is 6.03. The number of carbonyl (C=O) groups is 2. The predicted octanol–water partition coefficient (Wildman–Crippen LogP) is 7.58. The molecule has 0 atom stereocenters. The lowest BCUT2D eigenvalue weighted by molar-refractivity contribution is -0.122. The van der Waals surface area contributed by atoms with Gasteiger partial charge in [0.05, 0.1) is 33.4 Å². The van der Waals surface area contributed by atoms with E-state index in [-0.39, 0.29) is 11.8 Å². The zero-order valence-corrected chi connectivity index (χ0v) is 26.7. The van der Waals surface area contributed by atoms with Gasteiger partial charge in [0, 0.05) is 60.6 Å². The minimum atomic E-state index is -0.000819. The van der Waals surface area contributed by atoms with Crippen LogP contribution in [0.1, 0.15) is 44.9 Å². The van der Waals surface area contributed by atoms with Crippen molar-refractivity contribution in [3.8, 4) is 0 Å². The predicted molar refractivity (Wildman–Crippen MR) is 194 cm³/mol. The van der Waals surface area contributed by atoms with Gasteiger partial charge in [-0.1, -0.05) is 72.8 Å². The molecular weight excluding hydrogens is 584 g/mol. The molecule has 6 aromatic rings. The lowest BCUT2D eigenvalue weighted by Crippen LogP contribution is -2.27. The van der Waals surface area contributed by atoms with Gasteiger partial charge in [0.15, 0.2) is 0 Å². The van der Waals surface area contributed by atoms with Gasteiger partial charge >= 0.3 is 0 Å². The summed E-state index contributed by atoms with van der Waals surface area (Å²) in [7, 11) is 0. The first-order valence-corrected chi connectivity index (χ1v) is 16.7. The van der Waals surface area contributed by atoms with Crippen LogP contribution in [0.2, 0.25) is 0 Å². The molecule has 8 heteroatoms. The molecule has 0 saturated heterocycles. The number of para-hydroxylation sites is 4. The van der Waals surface area contributed by atoms with Crippen molar-refractivity contribution in [2.24, 2.45) is 0 Å². The Morgan fingerprint density at radius 3 is 1.11 bits per heavy atom. The Bertz CT molecular complexity index is 1740. The molecule has 0 fully saturated rings. The smallest absolute Gasteiger partial charge is 0.220 e. The number of amides is 2. The highest BCUT2D eigenvalue weighted by molar-refractivity contribution is 6.08. The number of unbranched alkanes of at least 4 members (excludes halogenated alkanes) is 2. The Balaban J connectivity index is 0.827. The molecule has 2 amide bonds. The van der Waals surface area contributed by atoms with E-state index in [4.69, 9.17) is 9.97 Å². The third kappa shape index (κ3) is 8.14. The van der Waals surface area contributed by atoms with E-state index in [1.54, 1.807) is 0 Å². The molecule has 240 valence electrons. The third-order valence-electron chi connectivity index (χ3n) is 8.44. The van der Waals surface area contributed by atoms with Crippen molar-refractivity contribution in [2.75, 3.05) is 36.8 Å². The standard InChI is InChI=1S/C39H42N6O2/c46-36(40-24-9-11-26-42-38-28-14-1-5-18-32(28)44-33-19-6-2-15-29(33)38)22-13-23-37(47)41-25-10-12-27-43-39-30-16-3-7-20-34(30)45-35-21-8-4-17-31(35)39/h1-8,14-21H,9-13,22-27H2,(H,40,46)(H,41,47)(H,42,44)(H,43,45). The molecule has 0 radical (unpaired) electrons. The summed E-state index contributed by atoms with van der Waals surface area (Å²) in [6.07, 6.45) is 4.88. The molecule has 2 heterocycles. The van der Waals surface area contributed by atoms with E-state index in [1.165, 1.54) is 0 Å². The second-order valence-corrected chi connectivity index (χ2v) is 11.9. The molecule has 0 aliphatic carbocycles. The van der Waals surface area contributed by atoms with Gasteiger partial charge in [-0.2, -0.15) is 0 Å². The zero-order valence-electron chi connectivity index (χ0n) is 26.7. The van der Waals surface area contributed by atoms with Crippen molar-refractivity contribution >= 4 is 66.8 Å². The van der Waals surface area contributed by atoms with E-state index in [0.717, 1.165) is 93.8 Å². The molecule has 4 aromatic carbocycles. The van der Waals surface area contributed by atoms with Crippen LogP contribution >= 0.6 is 0 Å². The summed E-state index contributed by atoms with van der Waals surface area (Å²) in [5.41, 5.74) is 6.13. The first-order valence-electron chi connectivity index (χ1n) is 16.7. The maximum atomic E-state index is 12.3. The fraction of sp³-hybridized carbons (Fsp3) is 0.282. The monoisotopic (exact) mass is 626 g/mol. The van der Waals surface area contributed by atoms with Crippen molar-refractivity contribution < 1.29 is 9.59 Å². The van der Waals surface area contributed by atoms with Crippen LogP contribution in [0, 0.1) is 0 Å². The number of hydrogen-bond acceptors (Lipinski definition) is 6. The van der Waals surface area contributed by atoms with Crippen LogP contribution in [-0.2, 0) is 9.59 Å². The van der Waals surface area contributed by atoms with Gasteiger partial charge in [-0.3, -0.25) is 9.59 Å². The molecule has 0 spiro atoms. The normalized spacial score (nSPS) is 11.2. The van der Waals surface area contributed by atoms with Crippen LogP contribution in [-0.4, -0.2) is 48.0 Å². The number of rotatable bonds is 16. The first-order chi connectivity index (χ1) is 23.2. The van der Waals surface area contributed by atoms with Crippen LogP contribution in [0.5, 0.6) is 0 Å². The average molecular weight is 627 g/mol. The molecule has 0 aliphatic heterocycles. The maximum Gasteiger partial charge on any atom is 0.220 e. The number of pyridine rings is 2. The van der Waals surface area contributed by atoms with E-state index in [0.29, 0.717) is 32.4 Å². The van der Waals surface area contributed by atoms with Crippen LogP contribution in [0.25, 0.3) is 43.6 Å². The Morgan fingerprint density at radius 2 is 0.745 bits per heavy atom. The largest absolute Gasteiger partial charge is 0.384 e. The number of aromatic nitrogens is 2. The maximum absolute atomic E-state index is 12.3. The summed E-state index contributed by atoms with van der Waals surface area (Å²) in [6.45, 7) is 2.87. The number of fused-ring (bicyclic) bond motifs is 4. The molecule has 4 N–H and O–H groups in total. The summed E-state index contributed by atoms with van der Waals surface area (Å²) >= 11 is 0. The molecule has 0 aliphatic rings. The SMILES string of the molecule is O=C(CCCC(=O)NCCCCNc1c2ccccc2nc2ccccc12)NCCCCNc1c2ccccc2nc2ccccc12. The highest BCUT2D eigenvalue weighted by Crippen LogP contribution is 2.31. The zero-order chi connectivity index (χ0) is 32.3. The fourth-order valence-electron chi connectivity index (χ4n) is 6.03. The van der Waals surface area contributed by atoms with Gasteiger partial charge in [0.2, 0.25) is 11.8 Å².